The van der Waals surface area contributed by atoms with Gasteiger partial charge in [-0.25, -0.2) is 0 Å². The van der Waals surface area contributed by atoms with Crippen molar-refractivity contribution in [2.24, 2.45) is 5.92 Å². The summed E-state index contributed by atoms with van der Waals surface area (Å²) in [4.78, 5) is 17.4. The molecule has 2 aliphatic carbocycles. The summed E-state index contributed by atoms with van der Waals surface area (Å²) in [5, 5.41) is 8.62. The number of aromatic nitrogens is 2. The van der Waals surface area contributed by atoms with Crippen molar-refractivity contribution in [2.75, 3.05) is 24.5 Å². The van der Waals surface area contributed by atoms with E-state index in [-0.39, 0.29) is 5.91 Å². The van der Waals surface area contributed by atoms with Crippen molar-refractivity contribution in [3.63, 3.8) is 0 Å². The first kappa shape index (κ1) is 15.9. The molecule has 5 nitrogen and oxygen atoms in total. The summed E-state index contributed by atoms with van der Waals surface area (Å²) in [6.07, 6.45) is 11.1. The SMILES string of the molecule is O=C(c1ccc(N2CCCC2)nn1)N(CC1CC1)C1CCCCC1. The van der Waals surface area contributed by atoms with Crippen molar-refractivity contribution in [3.05, 3.63) is 17.8 Å². The Morgan fingerprint density at radius 1 is 1.00 bits per heavy atom. The molecule has 1 amide bonds. The highest BCUT2D eigenvalue weighted by atomic mass is 16.2. The largest absolute Gasteiger partial charge is 0.355 e. The number of carbonyl (C=O) groups excluding carboxylic acids is 1. The van der Waals surface area contributed by atoms with Gasteiger partial charge in [0, 0.05) is 25.7 Å². The fraction of sp³-hybridized carbons (Fsp3) is 0.737. The van der Waals surface area contributed by atoms with Crippen LogP contribution in [-0.2, 0) is 0 Å². The van der Waals surface area contributed by atoms with E-state index >= 15 is 0 Å². The second-order valence-corrected chi connectivity index (χ2v) is 7.66. The monoisotopic (exact) mass is 328 g/mol. The van der Waals surface area contributed by atoms with Gasteiger partial charge in [0.15, 0.2) is 11.5 Å². The van der Waals surface area contributed by atoms with E-state index in [1.54, 1.807) is 0 Å². The van der Waals surface area contributed by atoms with E-state index < -0.39 is 0 Å². The first-order valence-electron chi connectivity index (χ1n) is 9.71. The van der Waals surface area contributed by atoms with Crippen molar-refractivity contribution in [1.29, 1.82) is 0 Å². The first-order chi connectivity index (χ1) is 11.8. The molecule has 5 heteroatoms. The predicted molar refractivity (Wildman–Crippen MR) is 94.1 cm³/mol. The lowest BCUT2D eigenvalue weighted by molar-refractivity contribution is 0.0614. The van der Waals surface area contributed by atoms with Crippen LogP contribution in [0.5, 0.6) is 0 Å². The van der Waals surface area contributed by atoms with E-state index in [9.17, 15) is 4.79 Å². The van der Waals surface area contributed by atoms with Crippen LogP contribution in [0.1, 0.15) is 68.3 Å². The highest BCUT2D eigenvalue weighted by Gasteiger charge is 2.33. The number of hydrogen-bond donors (Lipinski definition) is 0. The summed E-state index contributed by atoms with van der Waals surface area (Å²) in [7, 11) is 0. The number of rotatable bonds is 5. The number of carbonyl (C=O) groups is 1. The molecule has 0 spiro atoms. The zero-order valence-corrected chi connectivity index (χ0v) is 14.5. The Morgan fingerprint density at radius 3 is 2.38 bits per heavy atom. The summed E-state index contributed by atoms with van der Waals surface area (Å²) < 4.78 is 0. The van der Waals surface area contributed by atoms with Gasteiger partial charge in [-0.3, -0.25) is 4.79 Å². The minimum Gasteiger partial charge on any atom is -0.355 e. The lowest BCUT2D eigenvalue weighted by Crippen LogP contribution is -2.43. The van der Waals surface area contributed by atoms with Gasteiger partial charge in [-0.05, 0) is 56.6 Å². The number of anilines is 1. The second-order valence-electron chi connectivity index (χ2n) is 7.66. The van der Waals surface area contributed by atoms with Crippen molar-refractivity contribution in [2.45, 2.75) is 63.8 Å². The van der Waals surface area contributed by atoms with E-state index in [1.165, 1.54) is 44.9 Å². The van der Waals surface area contributed by atoms with Crippen LogP contribution >= 0.6 is 0 Å². The van der Waals surface area contributed by atoms with Crippen molar-refractivity contribution in [1.82, 2.24) is 15.1 Å². The molecule has 0 aromatic carbocycles. The molecule has 3 fully saturated rings. The fourth-order valence-corrected chi connectivity index (χ4v) is 4.07. The summed E-state index contributed by atoms with van der Waals surface area (Å²) in [5.41, 5.74) is 0.518. The van der Waals surface area contributed by atoms with Crippen LogP contribution in [0.15, 0.2) is 12.1 Å². The van der Waals surface area contributed by atoms with Crippen molar-refractivity contribution in [3.8, 4) is 0 Å². The summed E-state index contributed by atoms with van der Waals surface area (Å²) in [6, 6.07) is 4.26. The molecule has 2 saturated carbocycles. The van der Waals surface area contributed by atoms with Crippen LogP contribution in [0, 0.1) is 5.92 Å². The van der Waals surface area contributed by atoms with E-state index in [0.29, 0.717) is 17.7 Å². The van der Waals surface area contributed by atoms with E-state index in [0.717, 1.165) is 38.3 Å². The van der Waals surface area contributed by atoms with Crippen LogP contribution in [-0.4, -0.2) is 46.7 Å². The Bertz CT molecular complexity index is 557. The van der Waals surface area contributed by atoms with Gasteiger partial charge in [-0.1, -0.05) is 19.3 Å². The molecular formula is C19H28N4O. The standard InChI is InChI=1S/C19H28N4O/c24-19(17-10-11-18(21-20-17)22-12-4-5-13-22)23(14-15-8-9-15)16-6-2-1-3-7-16/h10-11,15-16H,1-9,12-14H2. The molecule has 1 aromatic rings. The lowest BCUT2D eigenvalue weighted by Gasteiger charge is -2.34. The minimum atomic E-state index is 0.0919. The van der Waals surface area contributed by atoms with Gasteiger partial charge in [-0.2, -0.15) is 0 Å². The normalized spacial score (nSPS) is 21.9. The highest BCUT2D eigenvalue weighted by Crippen LogP contribution is 2.33. The predicted octanol–water partition coefficient (Wildman–Crippen LogP) is 3.26. The minimum absolute atomic E-state index is 0.0919. The molecule has 1 aromatic heterocycles. The van der Waals surface area contributed by atoms with Crippen LogP contribution < -0.4 is 4.90 Å². The molecule has 0 N–H and O–H groups in total. The molecule has 3 aliphatic rings. The maximum Gasteiger partial charge on any atom is 0.274 e. The lowest BCUT2D eigenvalue weighted by atomic mass is 9.93. The summed E-state index contributed by atoms with van der Waals surface area (Å²) in [6.45, 7) is 3.02. The number of amides is 1. The molecule has 0 unspecified atom stereocenters. The zero-order chi connectivity index (χ0) is 16.4. The van der Waals surface area contributed by atoms with E-state index in [1.807, 2.05) is 12.1 Å². The van der Waals surface area contributed by atoms with Crippen LogP contribution in [0.4, 0.5) is 5.82 Å². The van der Waals surface area contributed by atoms with Crippen LogP contribution in [0.2, 0.25) is 0 Å². The van der Waals surface area contributed by atoms with Crippen LogP contribution in [0.25, 0.3) is 0 Å². The third-order valence-electron chi connectivity index (χ3n) is 5.73. The van der Waals surface area contributed by atoms with Crippen molar-refractivity contribution < 1.29 is 4.79 Å². The Balaban J connectivity index is 1.48. The maximum absolute atomic E-state index is 13.0. The van der Waals surface area contributed by atoms with Gasteiger partial charge >= 0.3 is 0 Å². The molecule has 4 rings (SSSR count). The number of hydrogen-bond acceptors (Lipinski definition) is 4. The number of nitrogens with zero attached hydrogens (tertiary/aromatic N) is 4. The molecule has 0 radical (unpaired) electrons. The van der Waals surface area contributed by atoms with Gasteiger partial charge in [0.05, 0.1) is 0 Å². The Hall–Kier alpha value is -1.65. The van der Waals surface area contributed by atoms with Gasteiger partial charge in [-0.15, -0.1) is 10.2 Å². The molecule has 2 heterocycles. The van der Waals surface area contributed by atoms with Crippen molar-refractivity contribution >= 4 is 11.7 Å². The highest BCUT2D eigenvalue weighted by molar-refractivity contribution is 5.92. The smallest absolute Gasteiger partial charge is 0.274 e. The fourth-order valence-electron chi connectivity index (χ4n) is 4.07. The third kappa shape index (κ3) is 3.55. The Morgan fingerprint density at radius 2 is 1.75 bits per heavy atom. The van der Waals surface area contributed by atoms with E-state index in [4.69, 9.17) is 0 Å². The van der Waals surface area contributed by atoms with Crippen LogP contribution in [0.3, 0.4) is 0 Å². The topological polar surface area (TPSA) is 49.3 Å². The molecule has 1 saturated heterocycles. The molecule has 0 atom stereocenters. The molecule has 0 bridgehead atoms. The molecule has 24 heavy (non-hydrogen) atoms. The van der Waals surface area contributed by atoms with Gasteiger partial charge in [0.1, 0.15) is 0 Å². The second kappa shape index (κ2) is 7.08. The Kier molecular flexibility index (Phi) is 4.67. The summed E-state index contributed by atoms with van der Waals surface area (Å²) in [5.74, 6) is 1.72. The molecule has 1 aliphatic heterocycles. The zero-order valence-electron chi connectivity index (χ0n) is 14.5. The van der Waals surface area contributed by atoms with E-state index in [2.05, 4.69) is 20.0 Å². The van der Waals surface area contributed by atoms with Gasteiger partial charge in [0.2, 0.25) is 0 Å². The maximum atomic E-state index is 13.0. The molecule has 130 valence electrons. The Labute approximate surface area is 144 Å². The third-order valence-corrected chi connectivity index (χ3v) is 5.73. The quantitative estimate of drug-likeness (QED) is 0.832. The average Bonchev–Trinajstić information content (AvgIpc) is 3.30. The summed E-state index contributed by atoms with van der Waals surface area (Å²) >= 11 is 0. The average molecular weight is 328 g/mol. The molecular weight excluding hydrogens is 300 g/mol. The van der Waals surface area contributed by atoms with Gasteiger partial charge in [0.25, 0.3) is 5.91 Å². The van der Waals surface area contributed by atoms with Gasteiger partial charge < -0.3 is 9.80 Å². The first-order valence-corrected chi connectivity index (χ1v) is 9.71.